The number of nitrogens with one attached hydrogen (secondary N) is 1. The lowest BCUT2D eigenvalue weighted by atomic mass is 9.87. The quantitative estimate of drug-likeness (QED) is 0.818. The minimum Gasteiger partial charge on any atom is -0.465 e. The van der Waals surface area contributed by atoms with Gasteiger partial charge in [-0.15, -0.1) is 0 Å². The molecule has 1 fully saturated rings. The van der Waals surface area contributed by atoms with Gasteiger partial charge < -0.3 is 9.72 Å². The van der Waals surface area contributed by atoms with Gasteiger partial charge >= 0.3 is 0 Å². The molecule has 3 rings (SSSR count). The number of rotatable bonds is 2. The van der Waals surface area contributed by atoms with Gasteiger partial charge in [0, 0.05) is 29.3 Å². The molecule has 21 heavy (non-hydrogen) atoms. The molecule has 1 aromatic heterocycles. The predicted molar refractivity (Wildman–Crippen MR) is 86.6 cm³/mol. The molecule has 1 aliphatic rings. The molecular formula is C19H21NO. The average molecular weight is 279 g/mol. The summed E-state index contributed by atoms with van der Waals surface area (Å²) in [5.41, 5.74) is 4.62. The molecule has 1 aliphatic heterocycles. The number of ether oxygens (including phenoxy) is 1. The molecule has 0 saturated carbocycles. The first-order valence-electron chi connectivity index (χ1n) is 7.28. The lowest BCUT2D eigenvalue weighted by Crippen LogP contribution is -2.06. The van der Waals surface area contributed by atoms with Crippen molar-refractivity contribution >= 4 is 5.57 Å². The SMILES string of the molecule is C=C1OC(=C(c2ccc(C)cc2)c2ccc[nH]2)CC1(C)C. The van der Waals surface area contributed by atoms with Crippen molar-refractivity contribution < 1.29 is 4.74 Å². The summed E-state index contributed by atoms with van der Waals surface area (Å²) in [5.74, 6) is 1.84. The van der Waals surface area contributed by atoms with Gasteiger partial charge in [-0.3, -0.25) is 0 Å². The maximum atomic E-state index is 6.01. The van der Waals surface area contributed by atoms with Crippen molar-refractivity contribution in [2.45, 2.75) is 27.2 Å². The number of aromatic nitrogens is 1. The number of H-pyrrole nitrogens is 1. The van der Waals surface area contributed by atoms with Crippen molar-refractivity contribution in [3.8, 4) is 0 Å². The molecule has 108 valence electrons. The first-order valence-corrected chi connectivity index (χ1v) is 7.28. The number of hydrogen-bond donors (Lipinski definition) is 1. The average Bonchev–Trinajstić information content (AvgIpc) is 3.02. The molecule has 2 heteroatoms. The van der Waals surface area contributed by atoms with Crippen molar-refractivity contribution in [1.82, 2.24) is 4.98 Å². The van der Waals surface area contributed by atoms with Gasteiger partial charge in [-0.25, -0.2) is 0 Å². The Morgan fingerprint density at radius 3 is 2.43 bits per heavy atom. The summed E-state index contributed by atoms with van der Waals surface area (Å²) >= 11 is 0. The molecule has 0 atom stereocenters. The van der Waals surface area contributed by atoms with Gasteiger partial charge in [0.05, 0.1) is 0 Å². The summed E-state index contributed by atoms with van der Waals surface area (Å²) in [6.45, 7) is 10.5. The Morgan fingerprint density at radius 1 is 1.19 bits per heavy atom. The second-order valence-corrected chi connectivity index (χ2v) is 6.33. The van der Waals surface area contributed by atoms with Crippen LogP contribution in [-0.2, 0) is 4.74 Å². The van der Waals surface area contributed by atoms with Crippen LogP contribution in [0.25, 0.3) is 5.57 Å². The van der Waals surface area contributed by atoms with E-state index >= 15 is 0 Å². The highest BCUT2D eigenvalue weighted by Crippen LogP contribution is 2.45. The van der Waals surface area contributed by atoms with Crippen molar-refractivity contribution in [3.63, 3.8) is 0 Å². The molecule has 2 heterocycles. The minimum atomic E-state index is -0.0160. The van der Waals surface area contributed by atoms with E-state index in [1.54, 1.807) is 0 Å². The molecule has 0 amide bonds. The number of benzene rings is 1. The van der Waals surface area contributed by atoms with Crippen LogP contribution in [0, 0.1) is 12.3 Å². The summed E-state index contributed by atoms with van der Waals surface area (Å²) in [6.07, 6.45) is 2.81. The van der Waals surface area contributed by atoms with E-state index in [1.807, 2.05) is 12.3 Å². The fraction of sp³-hybridized carbons (Fsp3) is 0.263. The van der Waals surface area contributed by atoms with Crippen LogP contribution in [0.5, 0.6) is 0 Å². The van der Waals surface area contributed by atoms with Crippen molar-refractivity contribution in [1.29, 1.82) is 0 Å². The lowest BCUT2D eigenvalue weighted by molar-refractivity contribution is 0.307. The van der Waals surface area contributed by atoms with Crippen LogP contribution in [0.15, 0.2) is 60.7 Å². The smallest absolute Gasteiger partial charge is 0.114 e. The van der Waals surface area contributed by atoms with Crippen molar-refractivity contribution in [2.75, 3.05) is 0 Å². The minimum absolute atomic E-state index is 0.0160. The molecular weight excluding hydrogens is 258 g/mol. The van der Waals surface area contributed by atoms with Gasteiger partial charge in [0.25, 0.3) is 0 Å². The van der Waals surface area contributed by atoms with Gasteiger partial charge in [-0.2, -0.15) is 0 Å². The van der Waals surface area contributed by atoms with Gasteiger partial charge in [-0.05, 0) is 24.6 Å². The zero-order valence-electron chi connectivity index (χ0n) is 12.9. The van der Waals surface area contributed by atoms with Crippen LogP contribution < -0.4 is 0 Å². The third-order valence-corrected chi connectivity index (χ3v) is 4.09. The first kappa shape index (κ1) is 13.7. The standard InChI is InChI=1S/C19H21NO/c1-13-7-9-15(10-8-13)18(16-6-5-11-20-16)17-12-19(3,4)14(2)21-17/h5-11,20H,2,12H2,1,3-4H3. The summed E-state index contributed by atoms with van der Waals surface area (Å²) in [5, 5.41) is 0. The molecule has 0 unspecified atom stereocenters. The fourth-order valence-corrected chi connectivity index (χ4v) is 2.64. The highest BCUT2D eigenvalue weighted by atomic mass is 16.5. The third-order valence-electron chi connectivity index (χ3n) is 4.09. The van der Waals surface area contributed by atoms with Gasteiger partial charge in [0.15, 0.2) is 0 Å². The fourth-order valence-electron chi connectivity index (χ4n) is 2.64. The normalized spacial score (nSPS) is 19.5. The Balaban J connectivity index is 2.14. The molecule has 1 aromatic carbocycles. The molecule has 0 bridgehead atoms. The Hall–Kier alpha value is -2.22. The number of aromatic amines is 1. The van der Waals surface area contributed by atoms with E-state index in [1.165, 1.54) is 11.1 Å². The zero-order chi connectivity index (χ0) is 15.0. The first-order chi connectivity index (χ1) is 9.97. The van der Waals surface area contributed by atoms with Crippen LogP contribution in [0.1, 0.15) is 37.1 Å². The van der Waals surface area contributed by atoms with Crippen LogP contribution in [0.4, 0.5) is 0 Å². The molecule has 2 nitrogen and oxygen atoms in total. The van der Waals surface area contributed by atoms with Crippen LogP contribution in [-0.4, -0.2) is 4.98 Å². The molecule has 2 aromatic rings. The van der Waals surface area contributed by atoms with Crippen LogP contribution in [0.2, 0.25) is 0 Å². The molecule has 0 spiro atoms. The third kappa shape index (κ3) is 2.54. The van der Waals surface area contributed by atoms with E-state index < -0.39 is 0 Å². The topological polar surface area (TPSA) is 25.0 Å². The second-order valence-electron chi connectivity index (χ2n) is 6.33. The maximum absolute atomic E-state index is 6.01. The number of hydrogen-bond acceptors (Lipinski definition) is 1. The number of aryl methyl sites for hydroxylation is 1. The second kappa shape index (κ2) is 4.96. The molecule has 0 radical (unpaired) electrons. The summed E-state index contributed by atoms with van der Waals surface area (Å²) in [6, 6.07) is 12.7. The summed E-state index contributed by atoms with van der Waals surface area (Å²) < 4.78 is 6.01. The maximum Gasteiger partial charge on any atom is 0.114 e. The van der Waals surface area contributed by atoms with Crippen LogP contribution >= 0.6 is 0 Å². The van der Waals surface area contributed by atoms with Crippen LogP contribution in [0.3, 0.4) is 0 Å². The lowest BCUT2D eigenvalue weighted by Gasteiger charge is -2.13. The van der Waals surface area contributed by atoms with Gasteiger partial charge in [0.1, 0.15) is 11.5 Å². The molecule has 0 aliphatic carbocycles. The van der Waals surface area contributed by atoms with E-state index in [2.05, 4.69) is 62.7 Å². The Labute approximate surface area is 126 Å². The van der Waals surface area contributed by atoms with E-state index in [0.717, 1.165) is 29.2 Å². The predicted octanol–water partition coefficient (Wildman–Crippen LogP) is 5.04. The highest BCUT2D eigenvalue weighted by molar-refractivity contribution is 5.80. The Kier molecular flexibility index (Phi) is 3.25. The van der Waals surface area contributed by atoms with E-state index in [-0.39, 0.29) is 5.41 Å². The van der Waals surface area contributed by atoms with Gasteiger partial charge in [0.2, 0.25) is 0 Å². The summed E-state index contributed by atoms with van der Waals surface area (Å²) in [7, 11) is 0. The van der Waals surface area contributed by atoms with Crippen molar-refractivity contribution in [3.05, 3.63) is 77.5 Å². The zero-order valence-corrected chi connectivity index (χ0v) is 12.9. The van der Waals surface area contributed by atoms with Crippen molar-refractivity contribution in [2.24, 2.45) is 5.41 Å². The van der Waals surface area contributed by atoms with Gasteiger partial charge in [-0.1, -0.05) is 50.3 Å². The Morgan fingerprint density at radius 2 is 1.90 bits per heavy atom. The van der Waals surface area contributed by atoms with E-state index in [4.69, 9.17) is 4.74 Å². The van der Waals surface area contributed by atoms with E-state index in [0.29, 0.717) is 0 Å². The molecule has 1 N–H and O–H groups in total. The summed E-state index contributed by atoms with van der Waals surface area (Å²) in [4.78, 5) is 3.30. The largest absolute Gasteiger partial charge is 0.465 e. The monoisotopic (exact) mass is 279 g/mol. The number of allylic oxidation sites excluding steroid dienone is 2. The molecule has 1 saturated heterocycles. The Bertz CT molecular complexity index is 688. The highest BCUT2D eigenvalue weighted by Gasteiger charge is 2.35. The van der Waals surface area contributed by atoms with E-state index in [9.17, 15) is 0 Å².